The monoisotopic (exact) mass is 255 g/mol. The van der Waals surface area contributed by atoms with E-state index in [1.165, 1.54) is 11.3 Å². The van der Waals surface area contributed by atoms with Crippen molar-refractivity contribution in [2.45, 2.75) is 52.0 Å². The fraction of sp³-hybridized carbons (Fsp3) is 0.667. The number of carbonyl (C=O) groups excluding carboxylic acids is 1. The van der Waals surface area contributed by atoms with Gasteiger partial charge in [0.15, 0.2) is 5.13 Å². The Bertz CT molecular complexity index is 381. The highest BCUT2D eigenvalue weighted by atomic mass is 32.1. The van der Waals surface area contributed by atoms with Gasteiger partial charge in [-0.2, -0.15) is 0 Å². The predicted octanol–water partition coefficient (Wildman–Crippen LogP) is 2.51. The summed E-state index contributed by atoms with van der Waals surface area (Å²) in [4.78, 5) is 16.1. The quantitative estimate of drug-likeness (QED) is 0.868. The van der Waals surface area contributed by atoms with Gasteiger partial charge in [-0.25, -0.2) is 4.98 Å². The van der Waals surface area contributed by atoms with Gasteiger partial charge in [0.25, 0.3) is 0 Å². The first-order valence-electron chi connectivity index (χ1n) is 5.87. The largest absolute Gasteiger partial charge is 0.320 e. The molecule has 0 aliphatic heterocycles. The number of nitrogens with zero attached hydrogens (tertiary/aromatic N) is 1. The first-order chi connectivity index (χ1) is 7.84. The Hall–Kier alpha value is -0.940. The predicted molar refractivity (Wildman–Crippen MR) is 72.3 cm³/mol. The third-order valence-electron chi connectivity index (χ3n) is 2.44. The van der Waals surface area contributed by atoms with Crippen molar-refractivity contribution in [1.82, 2.24) is 4.98 Å². The minimum atomic E-state index is -0.443. The molecule has 0 aliphatic carbocycles. The highest BCUT2D eigenvalue weighted by molar-refractivity contribution is 7.13. The van der Waals surface area contributed by atoms with Gasteiger partial charge in [0.1, 0.15) is 0 Å². The molecule has 0 fully saturated rings. The molecule has 0 saturated carbocycles. The molecule has 1 rings (SSSR count). The van der Waals surface area contributed by atoms with Crippen molar-refractivity contribution in [3.05, 3.63) is 11.1 Å². The first kappa shape index (κ1) is 14.1. The molecule has 0 aliphatic rings. The fourth-order valence-electron chi connectivity index (χ4n) is 1.32. The lowest BCUT2D eigenvalue weighted by atomic mass is 9.93. The van der Waals surface area contributed by atoms with Gasteiger partial charge in [0.2, 0.25) is 5.91 Å². The Kier molecular flexibility index (Phi) is 4.65. The van der Waals surface area contributed by atoms with Crippen molar-refractivity contribution in [2.24, 2.45) is 5.73 Å². The van der Waals surface area contributed by atoms with E-state index in [1.807, 2.05) is 12.3 Å². The van der Waals surface area contributed by atoms with Gasteiger partial charge in [-0.3, -0.25) is 4.79 Å². The highest BCUT2D eigenvalue weighted by Crippen LogP contribution is 2.26. The van der Waals surface area contributed by atoms with Crippen molar-refractivity contribution >= 4 is 22.4 Å². The van der Waals surface area contributed by atoms with E-state index in [0.717, 1.165) is 12.1 Å². The van der Waals surface area contributed by atoms with E-state index in [0.29, 0.717) is 11.6 Å². The summed E-state index contributed by atoms with van der Waals surface area (Å²) in [7, 11) is 0. The van der Waals surface area contributed by atoms with Crippen LogP contribution in [-0.4, -0.2) is 16.9 Å². The minimum Gasteiger partial charge on any atom is -0.320 e. The van der Waals surface area contributed by atoms with Crippen LogP contribution in [0.5, 0.6) is 0 Å². The summed E-state index contributed by atoms with van der Waals surface area (Å²) in [6, 6.07) is -0.443. The molecule has 1 amide bonds. The van der Waals surface area contributed by atoms with Crippen LogP contribution < -0.4 is 11.1 Å². The van der Waals surface area contributed by atoms with Gasteiger partial charge < -0.3 is 11.1 Å². The summed E-state index contributed by atoms with van der Waals surface area (Å²) in [5, 5.41) is 5.37. The summed E-state index contributed by atoms with van der Waals surface area (Å²) in [6.45, 7) is 8.29. The summed E-state index contributed by atoms with van der Waals surface area (Å²) in [5.74, 6) is -0.151. The second kappa shape index (κ2) is 5.60. The van der Waals surface area contributed by atoms with Crippen molar-refractivity contribution in [1.29, 1.82) is 0 Å². The van der Waals surface area contributed by atoms with Crippen LogP contribution in [0.15, 0.2) is 5.38 Å². The van der Waals surface area contributed by atoms with E-state index >= 15 is 0 Å². The molecule has 0 bridgehead atoms. The van der Waals surface area contributed by atoms with Crippen LogP contribution in [0.25, 0.3) is 0 Å². The molecule has 1 atom stereocenters. The third-order valence-corrected chi connectivity index (χ3v) is 3.20. The molecule has 5 heteroatoms. The zero-order valence-corrected chi connectivity index (χ0v) is 11.7. The zero-order valence-electron chi connectivity index (χ0n) is 10.9. The molecule has 0 spiro atoms. The average molecular weight is 255 g/mol. The molecule has 17 heavy (non-hydrogen) atoms. The normalized spacial score (nSPS) is 13.5. The fourth-order valence-corrected chi connectivity index (χ4v) is 2.26. The Labute approximate surface area is 107 Å². The minimum absolute atomic E-state index is 0.00497. The van der Waals surface area contributed by atoms with E-state index < -0.39 is 6.04 Å². The molecule has 4 nitrogen and oxygen atoms in total. The Balaban J connectivity index is 2.64. The van der Waals surface area contributed by atoms with Gasteiger partial charge in [-0.15, -0.1) is 11.3 Å². The molecular formula is C12H21N3OS. The lowest BCUT2D eigenvalue weighted by molar-refractivity contribution is -0.117. The zero-order chi connectivity index (χ0) is 13.1. The van der Waals surface area contributed by atoms with Crippen LogP contribution in [0.3, 0.4) is 0 Å². The van der Waals surface area contributed by atoms with Crippen LogP contribution in [0, 0.1) is 0 Å². The van der Waals surface area contributed by atoms with Gasteiger partial charge in [0.05, 0.1) is 11.7 Å². The van der Waals surface area contributed by atoms with E-state index in [4.69, 9.17) is 5.73 Å². The van der Waals surface area contributed by atoms with E-state index in [2.05, 4.69) is 31.1 Å². The van der Waals surface area contributed by atoms with Crippen LogP contribution in [0.2, 0.25) is 0 Å². The van der Waals surface area contributed by atoms with E-state index in [-0.39, 0.29) is 11.3 Å². The maximum atomic E-state index is 11.7. The molecule has 0 radical (unpaired) electrons. The number of anilines is 1. The van der Waals surface area contributed by atoms with Gasteiger partial charge in [-0.05, 0) is 6.42 Å². The van der Waals surface area contributed by atoms with Crippen molar-refractivity contribution in [3.8, 4) is 0 Å². The number of nitrogens with one attached hydrogen (secondary N) is 1. The summed E-state index contributed by atoms with van der Waals surface area (Å²) in [6.07, 6.45) is 1.60. The van der Waals surface area contributed by atoms with Crippen molar-refractivity contribution < 1.29 is 4.79 Å². The topological polar surface area (TPSA) is 68.0 Å². The second-order valence-electron chi connectivity index (χ2n) is 5.17. The number of carbonyl (C=O) groups is 1. The summed E-state index contributed by atoms with van der Waals surface area (Å²) in [5.41, 5.74) is 6.73. The Morgan fingerprint density at radius 3 is 2.71 bits per heavy atom. The van der Waals surface area contributed by atoms with Crippen LogP contribution >= 0.6 is 11.3 Å². The number of nitrogens with two attached hydrogens (primary N) is 1. The van der Waals surface area contributed by atoms with Gasteiger partial charge in [-0.1, -0.05) is 34.1 Å². The van der Waals surface area contributed by atoms with Gasteiger partial charge in [0, 0.05) is 10.8 Å². The maximum Gasteiger partial charge on any atom is 0.243 e. The molecule has 0 aromatic carbocycles. The van der Waals surface area contributed by atoms with Crippen molar-refractivity contribution in [3.63, 3.8) is 0 Å². The average Bonchev–Trinajstić information content (AvgIpc) is 2.66. The van der Waals surface area contributed by atoms with Crippen LogP contribution in [0.1, 0.15) is 46.2 Å². The maximum absolute atomic E-state index is 11.7. The standard InChI is InChI=1S/C12H21N3OS/c1-5-6-8(13)10(16)15-11-14-9(7-17-11)12(2,3)4/h7-8H,5-6,13H2,1-4H3,(H,14,15,16)/t8-/m0/s1. The molecule has 0 saturated heterocycles. The molecular weight excluding hydrogens is 234 g/mol. The first-order valence-corrected chi connectivity index (χ1v) is 6.75. The number of hydrogen-bond donors (Lipinski definition) is 2. The van der Waals surface area contributed by atoms with E-state index in [9.17, 15) is 4.79 Å². The number of hydrogen-bond acceptors (Lipinski definition) is 4. The van der Waals surface area contributed by atoms with Gasteiger partial charge >= 0.3 is 0 Å². The molecule has 0 unspecified atom stereocenters. The summed E-state index contributed by atoms with van der Waals surface area (Å²) < 4.78 is 0. The third kappa shape index (κ3) is 4.09. The molecule has 1 aromatic rings. The Morgan fingerprint density at radius 2 is 2.24 bits per heavy atom. The van der Waals surface area contributed by atoms with Crippen LogP contribution in [0.4, 0.5) is 5.13 Å². The number of thiazole rings is 1. The molecule has 96 valence electrons. The van der Waals surface area contributed by atoms with E-state index in [1.54, 1.807) is 0 Å². The van der Waals surface area contributed by atoms with Crippen molar-refractivity contribution in [2.75, 3.05) is 5.32 Å². The van der Waals surface area contributed by atoms with Crippen LogP contribution in [-0.2, 0) is 10.2 Å². The lowest BCUT2D eigenvalue weighted by Crippen LogP contribution is -2.35. The number of rotatable bonds is 4. The molecule has 3 N–H and O–H groups in total. The second-order valence-corrected chi connectivity index (χ2v) is 6.03. The number of aromatic nitrogens is 1. The smallest absolute Gasteiger partial charge is 0.243 e. The molecule has 1 aromatic heterocycles. The SMILES string of the molecule is CCC[C@H](N)C(=O)Nc1nc(C(C)(C)C)cs1. The Morgan fingerprint density at radius 1 is 1.59 bits per heavy atom. The summed E-state index contributed by atoms with van der Waals surface area (Å²) >= 11 is 1.44. The molecule has 1 heterocycles. The number of amides is 1. The highest BCUT2D eigenvalue weighted by Gasteiger charge is 2.19. The lowest BCUT2D eigenvalue weighted by Gasteiger charge is -2.14.